The number of fused-ring (bicyclic) bond motifs is 6. The summed E-state index contributed by atoms with van der Waals surface area (Å²) in [4.78, 5) is 87.2. The fraction of sp³-hybridized carbons (Fsp3) is 0.788. The number of ketones is 3. The van der Waals surface area contributed by atoms with Gasteiger partial charge in [0.15, 0.2) is 5.79 Å². The lowest BCUT2D eigenvalue weighted by molar-refractivity contribution is -0.346. The van der Waals surface area contributed by atoms with Crippen LogP contribution in [0.2, 0.25) is 0 Å². The van der Waals surface area contributed by atoms with Crippen molar-refractivity contribution >= 4 is 35.2 Å². The van der Waals surface area contributed by atoms with E-state index in [1.807, 2.05) is 58.1 Å². The predicted molar refractivity (Wildman–Crippen MR) is 311 cm³/mol. The molecule has 4 aliphatic heterocycles. The third-order valence-electron chi connectivity index (χ3n) is 21.4. The SMILES string of the molecule is CO[C@H]1C[C@@H]2CC[C@@H](C)[C@@](O)(O2)C(=O)C(=O)N2CCCC[C@H]2C(=O)O[C@H]([C@H](C)C[C@@H]2CC[C@@H](OC(=O)C3(C)COC4(CC5CCC4(C)C5(C)C)OC3)[C@@H](OC)C2)CC(=O)[C@H](C)/C=C(\C)[C@@H](O)[C@@H](CO)C(=O)[C@H](C)C[C@H](C)/C=C/C=C/C=C/1C. The van der Waals surface area contributed by atoms with Crippen LogP contribution in [-0.2, 0) is 61.9 Å². The second-order valence-corrected chi connectivity index (χ2v) is 27.5. The number of amides is 1. The van der Waals surface area contributed by atoms with Gasteiger partial charge in [-0.25, -0.2) is 4.79 Å². The monoisotopic (exact) mass is 1160 g/mol. The molecule has 2 unspecified atom stereocenters. The van der Waals surface area contributed by atoms with Crippen molar-refractivity contribution in [1.82, 2.24) is 4.90 Å². The van der Waals surface area contributed by atoms with Crippen LogP contribution < -0.4 is 0 Å². The summed E-state index contributed by atoms with van der Waals surface area (Å²) in [6, 6.07) is -1.19. The normalized spacial score (nSPS) is 43.5. The average molecular weight is 1160 g/mol. The molecule has 3 saturated heterocycles. The highest BCUT2D eigenvalue weighted by Gasteiger charge is 2.72. The number of hydrogen-bond acceptors (Lipinski definition) is 16. The van der Waals surface area contributed by atoms with Crippen molar-refractivity contribution in [2.24, 2.45) is 63.6 Å². The molecule has 0 aromatic heterocycles. The Bertz CT molecular complexity index is 2450. The lowest BCUT2D eigenvalue weighted by atomic mass is 9.68. The first-order valence-electron chi connectivity index (χ1n) is 31.1. The van der Waals surface area contributed by atoms with Gasteiger partial charge < -0.3 is 53.4 Å². The maximum Gasteiger partial charge on any atom is 0.329 e. The highest BCUT2D eigenvalue weighted by molar-refractivity contribution is 6.39. The minimum Gasteiger partial charge on any atom is -0.460 e. The summed E-state index contributed by atoms with van der Waals surface area (Å²) >= 11 is 0. The first-order valence-corrected chi connectivity index (χ1v) is 31.1. The van der Waals surface area contributed by atoms with Gasteiger partial charge in [0, 0.05) is 63.2 Å². The minimum absolute atomic E-state index is 0.000527. The van der Waals surface area contributed by atoms with Crippen LogP contribution in [0.5, 0.6) is 0 Å². The molecular formula is C66H101NO16. The van der Waals surface area contributed by atoms with Crippen molar-refractivity contribution in [2.45, 2.75) is 227 Å². The smallest absolute Gasteiger partial charge is 0.329 e. The minimum atomic E-state index is -2.47. The largest absolute Gasteiger partial charge is 0.460 e. The van der Waals surface area contributed by atoms with E-state index in [0.29, 0.717) is 75.7 Å². The van der Waals surface area contributed by atoms with Crippen LogP contribution in [0.25, 0.3) is 0 Å². The molecule has 1 spiro atoms. The van der Waals surface area contributed by atoms with E-state index in [1.54, 1.807) is 48.0 Å². The summed E-state index contributed by atoms with van der Waals surface area (Å²) in [7, 11) is 3.17. The first kappa shape index (κ1) is 66.6. The van der Waals surface area contributed by atoms with Crippen LogP contribution in [0.15, 0.2) is 47.6 Å². The molecule has 0 aromatic carbocycles. The topological polar surface area (TPSA) is 231 Å². The molecule has 17 heteroatoms. The zero-order chi connectivity index (χ0) is 61.0. The predicted octanol–water partition coefficient (Wildman–Crippen LogP) is 8.92. The molecule has 3 aliphatic carbocycles. The van der Waals surface area contributed by atoms with Crippen LogP contribution in [0, 0.1) is 63.6 Å². The number of nitrogens with zero attached hydrogens (tertiary/aromatic N) is 1. The van der Waals surface area contributed by atoms with Crippen molar-refractivity contribution < 1.29 is 77.2 Å². The van der Waals surface area contributed by atoms with Crippen molar-refractivity contribution in [3.8, 4) is 0 Å². The van der Waals surface area contributed by atoms with Crippen LogP contribution in [0.3, 0.4) is 0 Å². The number of aliphatic hydroxyl groups is 3. The van der Waals surface area contributed by atoms with Crippen LogP contribution in [0.4, 0.5) is 0 Å². The molecule has 0 aromatic rings. The van der Waals surface area contributed by atoms with Gasteiger partial charge in [-0.3, -0.25) is 24.0 Å². The van der Waals surface area contributed by atoms with Crippen molar-refractivity contribution in [2.75, 3.05) is 40.6 Å². The van der Waals surface area contributed by atoms with Gasteiger partial charge in [0.25, 0.3) is 11.7 Å². The molecule has 0 radical (unpaired) electrons. The lowest BCUT2D eigenvalue weighted by Crippen LogP contribution is -2.61. The van der Waals surface area contributed by atoms with E-state index in [4.69, 9.17) is 33.2 Å². The second kappa shape index (κ2) is 27.4. The first-order chi connectivity index (χ1) is 39.1. The zero-order valence-electron chi connectivity index (χ0n) is 52.2. The van der Waals surface area contributed by atoms with E-state index in [9.17, 15) is 44.1 Å². The number of esters is 2. The molecule has 1 amide bonds. The maximum absolute atomic E-state index is 14.7. The molecule has 17 atom stereocenters. The van der Waals surface area contributed by atoms with Crippen LogP contribution in [0.1, 0.15) is 172 Å². The molecule has 83 heavy (non-hydrogen) atoms. The molecule has 4 bridgehead atoms. The van der Waals surface area contributed by atoms with E-state index in [0.717, 1.165) is 24.8 Å². The van der Waals surface area contributed by atoms with Gasteiger partial charge in [0.05, 0.1) is 50.2 Å². The Morgan fingerprint density at radius 1 is 0.843 bits per heavy atom. The number of rotatable bonds is 8. The van der Waals surface area contributed by atoms with Gasteiger partial charge in [-0.15, -0.1) is 0 Å². The highest BCUT2D eigenvalue weighted by atomic mass is 16.7. The molecule has 466 valence electrons. The molecule has 3 saturated carbocycles. The summed E-state index contributed by atoms with van der Waals surface area (Å²) in [6.45, 7) is 21.1. The number of piperidine rings is 1. The number of cyclic esters (lactones) is 1. The molecule has 7 aliphatic rings. The third kappa shape index (κ3) is 14.1. The lowest BCUT2D eigenvalue weighted by Gasteiger charge is -2.52. The standard InChI is InChI=1S/C66H101NO16/c1-39-19-15-14-16-20-40(2)53(77-12)33-48-24-22-45(7)66(76,83-48)58(72)59(73)67-28-18-17-21-50(67)60(74)81-54(34-51(69)41(3)30-44(6)57(71)49(36-68)56(70)43(5)29-39)42(4)31-46-23-25-52(55(32-46)78-13)82-61(75)63(10)37-79-65(80-38-63)35-47-26-27-64(65,11)62(47,8)9/h14-16,19-20,30,39,41-43,45-50,52-55,57,68,71,76H,17-18,21-29,31-38H2,1-13H3/b16-14+,19-15+,40-20+,44-30+/t39-,41-,42-,43-,45-,46+,47?,48+,49+,50+,52-,53+,54+,55+,57-,63?,64?,65?,66-/m1/s1. The molecule has 17 nitrogen and oxygen atoms in total. The van der Waals surface area contributed by atoms with E-state index < -0.39 is 119 Å². The Kier molecular flexibility index (Phi) is 22.0. The number of ether oxygens (including phenoxy) is 7. The van der Waals surface area contributed by atoms with Crippen LogP contribution >= 0.6 is 0 Å². The number of hydrogen-bond donors (Lipinski definition) is 3. The molecule has 4 heterocycles. The second-order valence-electron chi connectivity index (χ2n) is 27.5. The summed E-state index contributed by atoms with van der Waals surface area (Å²) in [5.74, 6) is -10.3. The molecular weight excluding hydrogens is 1060 g/mol. The van der Waals surface area contributed by atoms with E-state index in [2.05, 4.69) is 20.8 Å². The van der Waals surface area contributed by atoms with Gasteiger partial charge in [0.1, 0.15) is 35.2 Å². The Morgan fingerprint density at radius 2 is 1.55 bits per heavy atom. The highest BCUT2D eigenvalue weighted by Crippen LogP contribution is 2.72. The Morgan fingerprint density at radius 3 is 2.19 bits per heavy atom. The van der Waals surface area contributed by atoms with E-state index in [-0.39, 0.29) is 66.8 Å². The Balaban J connectivity index is 1.10. The van der Waals surface area contributed by atoms with Crippen molar-refractivity contribution in [3.63, 3.8) is 0 Å². The van der Waals surface area contributed by atoms with Gasteiger partial charge in [0.2, 0.25) is 5.79 Å². The van der Waals surface area contributed by atoms with Crippen molar-refractivity contribution in [1.29, 1.82) is 0 Å². The average Bonchev–Trinajstić information content (AvgIpc) is 1.65. The number of aliphatic hydroxyl groups excluding tert-OH is 2. The quantitative estimate of drug-likeness (QED) is 0.117. The van der Waals surface area contributed by atoms with Gasteiger partial charge in [-0.1, -0.05) is 91.8 Å². The number of carbonyl (C=O) groups excluding carboxylic acids is 6. The van der Waals surface area contributed by atoms with Crippen LogP contribution in [-0.4, -0.2) is 150 Å². The Labute approximate surface area is 494 Å². The summed E-state index contributed by atoms with van der Waals surface area (Å²) < 4.78 is 44.0. The number of methoxy groups -OCH3 is 2. The third-order valence-corrected chi connectivity index (χ3v) is 21.4. The molecule has 6 fully saturated rings. The molecule has 7 rings (SSSR count). The number of carbonyl (C=O) groups is 6. The number of Topliss-reactive ketones (excluding diaryl/α,β-unsaturated/α-hetero) is 3. The van der Waals surface area contributed by atoms with E-state index in [1.165, 1.54) is 4.90 Å². The Hall–Kier alpha value is -3.94. The van der Waals surface area contributed by atoms with Crippen molar-refractivity contribution in [3.05, 3.63) is 47.6 Å². The van der Waals surface area contributed by atoms with Gasteiger partial charge in [-0.2, -0.15) is 0 Å². The number of allylic oxidation sites excluding steroid dienone is 6. The fourth-order valence-corrected chi connectivity index (χ4v) is 15.0. The van der Waals surface area contributed by atoms with E-state index >= 15 is 0 Å². The summed E-state index contributed by atoms with van der Waals surface area (Å²) in [5, 5.41) is 34.2. The van der Waals surface area contributed by atoms with Gasteiger partial charge in [-0.05, 0) is 138 Å². The van der Waals surface area contributed by atoms with Gasteiger partial charge >= 0.3 is 11.9 Å². The molecule has 3 N–H and O–H groups in total. The summed E-state index contributed by atoms with van der Waals surface area (Å²) in [6.07, 6.45) is 14.4. The summed E-state index contributed by atoms with van der Waals surface area (Å²) in [5.41, 5.74) is 0.0704. The fourth-order valence-electron chi connectivity index (χ4n) is 15.0. The zero-order valence-corrected chi connectivity index (χ0v) is 52.2. The maximum atomic E-state index is 14.7.